The number of nitrogens with two attached hydrogens (primary N) is 1. The Hall–Kier alpha value is -2.36. The minimum Gasteiger partial charge on any atom is -0.379 e. The monoisotopic (exact) mass is 241 g/mol. The van der Waals surface area contributed by atoms with E-state index in [0.717, 1.165) is 16.9 Å². The Morgan fingerprint density at radius 3 is 2.78 bits per heavy atom. The third-order valence-electron chi connectivity index (χ3n) is 2.70. The molecule has 0 spiro atoms. The number of primary amides is 1. The summed E-state index contributed by atoms with van der Waals surface area (Å²) in [5, 5.41) is 3.28. The van der Waals surface area contributed by atoms with Gasteiger partial charge in [0.05, 0.1) is 12.2 Å². The number of aryl methyl sites for hydroxylation is 1. The molecule has 2 aromatic rings. The molecule has 3 N–H and O–H groups in total. The lowest BCUT2D eigenvalue weighted by atomic mass is 10.1. The van der Waals surface area contributed by atoms with E-state index >= 15 is 0 Å². The van der Waals surface area contributed by atoms with Crippen LogP contribution in [0, 0.1) is 6.92 Å². The van der Waals surface area contributed by atoms with Gasteiger partial charge in [0.1, 0.15) is 0 Å². The highest BCUT2D eigenvalue weighted by Crippen LogP contribution is 2.16. The van der Waals surface area contributed by atoms with E-state index in [9.17, 15) is 4.79 Å². The molecule has 1 amide bonds. The SMILES string of the molecule is Cc1cc(C(N)=O)ccc1NCc1ccccn1. The molecule has 1 aromatic carbocycles. The molecule has 0 bridgehead atoms. The Balaban J connectivity index is 2.08. The molecule has 0 atom stereocenters. The van der Waals surface area contributed by atoms with Crippen LogP contribution >= 0.6 is 0 Å². The van der Waals surface area contributed by atoms with Crippen LogP contribution in [-0.4, -0.2) is 10.9 Å². The van der Waals surface area contributed by atoms with E-state index in [2.05, 4.69) is 10.3 Å². The van der Waals surface area contributed by atoms with Crippen LogP contribution in [0.4, 0.5) is 5.69 Å². The number of hydrogen-bond acceptors (Lipinski definition) is 3. The minimum atomic E-state index is -0.408. The maximum atomic E-state index is 11.0. The van der Waals surface area contributed by atoms with Crippen LogP contribution in [0.25, 0.3) is 0 Å². The molecule has 0 aliphatic rings. The zero-order valence-electron chi connectivity index (χ0n) is 10.2. The predicted molar refractivity (Wildman–Crippen MR) is 71.3 cm³/mol. The predicted octanol–water partition coefficient (Wildman–Crippen LogP) is 2.10. The summed E-state index contributed by atoms with van der Waals surface area (Å²) in [6, 6.07) is 11.2. The number of hydrogen-bond donors (Lipinski definition) is 2. The van der Waals surface area contributed by atoms with Gasteiger partial charge in [-0.05, 0) is 42.8 Å². The van der Waals surface area contributed by atoms with Crippen molar-refractivity contribution < 1.29 is 4.79 Å². The molecule has 0 saturated carbocycles. The smallest absolute Gasteiger partial charge is 0.248 e. The highest BCUT2D eigenvalue weighted by atomic mass is 16.1. The third-order valence-corrected chi connectivity index (χ3v) is 2.70. The first-order valence-electron chi connectivity index (χ1n) is 5.71. The number of nitrogens with one attached hydrogen (secondary N) is 1. The number of nitrogens with zero attached hydrogens (tertiary/aromatic N) is 1. The lowest BCUT2D eigenvalue weighted by Gasteiger charge is -2.10. The van der Waals surface area contributed by atoms with Crippen LogP contribution in [0.1, 0.15) is 21.6 Å². The summed E-state index contributed by atoms with van der Waals surface area (Å²) < 4.78 is 0. The van der Waals surface area contributed by atoms with Gasteiger partial charge in [-0.1, -0.05) is 6.07 Å². The van der Waals surface area contributed by atoms with Gasteiger partial charge in [-0.25, -0.2) is 0 Å². The average Bonchev–Trinajstić information content (AvgIpc) is 2.38. The fourth-order valence-corrected chi connectivity index (χ4v) is 1.70. The van der Waals surface area contributed by atoms with Gasteiger partial charge in [0.15, 0.2) is 0 Å². The molecule has 92 valence electrons. The zero-order valence-corrected chi connectivity index (χ0v) is 10.2. The molecule has 0 saturated heterocycles. The van der Waals surface area contributed by atoms with Crippen molar-refractivity contribution in [3.05, 3.63) is 59.4 Å². The molecule has 18 heavy (non-hydrogen) atoms. The number of amides is 1. The first-order valence-corrected chi connectivity index (χ1v) is 5.71. The Kier molecular flexibility index (Phi) is 3.57. The van der Waals surface area contributed by atoms with Gasteiger partial charge >= 0.3 is 0 Å². The van der Waals surface area contributed by atoms with Crippen LogP contribution in [0.3, 0.4) is 0 Å². The lowest BCUT2D eigenvalue weighted by molar-refractivity contribution is 0.1000. The standard InChI is InChI=1S/C14H15N3O/c1-10-8-11(14(15)18)5-6-13(10)17-9-12-4-2-3-7-16-12/h2-8,17H,9H2,1H3,(H2,15,18). The van der Waals surface area contributed by atoms with E-state index in [1.807, 2.05) is 31.2 Å². The second-order valence-electron chi connectivity index (χ2n) is 4.07. The van der Waals surface area contributed by atoms with Crippen molar-refractivity contribution in [1.29, 1.82) is 0 Å². The van der Waals surface area contributed by atoms with Gasteiger partial charge in [0.25, 0.3) is 0 Å². The fraction of sp³-hybridized carbons (Fsp3) is 0.143. The number of benzene rings is 1. The fourth-order valence-electron chi connectivity index (χ4n) is 1.70. The van der Waals surface area contributed by atoms with Crippen LogP contribution < -0.4 is 11.1 Å². The summed E-state index contributed by atoms with van der Waals surface area (Å²) >= 11 is 0. The Morgan fingerprint density at radius 1 is 1.33 bits per heavy atom. The molecule has 4 nitrogen and oxygen atoms in total. The first-order chi connectivity index (χ1) is 8.66. The molecule has 4 heteroatoms. The maximum absolute atomic E-state index is 11.0. The molecular weight excluding hydrogens is 226 g/mol. The van der Waals surface area contributed by atoms with Crippen LogP contribution in [0.2, 0.25) is 0 Å². The van der Waals surface area contributed by atoms with Crippen LogP contribution in [0.15, 0.2) is 42.6 Å². The van der Waals surface area contributed by atoms with Gasteiger partial charge in [0.2, 0.25) is 5.91 Å². The largest absolute Gasteiger partial charge is 0.379 e. The maximum Gasteiger partial charge on any atom is 0.248 e. The topological polar surface area (TPSA) is 68.0 Å². The summed E-state index contributed by atoms with van der Waals surface area (Å²) in [7, 11) is 0. The summed E-state index contributed by atoms with van der Waals surface area (Å²) in [6.45, 7) is 2.59. The highest BCUT2D eigenvalue weighted by molar-refractivity contribution is 5.93. The van der Waals surface area contributed by atoms with Crippen LogP contribution in [0.5, 0.6) is 0 Å². The molecule has 0 aliphatic carbocycles. The van der Waals surface area contributed by atoms with Gasteiger partial charge < -0.3 is 11.1 Å². The molecule has 2 rings (SSSR count). The van der Waals surface area contributed by atoms with E-state index in [0.29, 0.717) is 12.1 Å². The molecular formula is C14H15N3O. The van der Waals surface area contributed by atoms with Crippen molar-refractivity contribution in [2.24, 2.45) is 5.73 Å². The Bertz CT molecular complexity index is 552. The van der Waals surface area contributed by atoms with Gasteiger partial charge in [-0.2, -0.15) is 0 Å². The van der Waals surface area contributed by atoms with E-state index in [1.54, 1.807) is 18.3 Å². The summed E-state index contributed by atoms with van der Waals surface area (Å²) in [5.74, 6) is -0.408. The van der Waals surface area contributed by atoms with Gasteiger partial charge in [-0.15, -0.1) is 0 Å². The molecule has 1 aromatic heterocycles. The number of aromatic nitrogens is 1. The molecule has 0 radical (unpaired) electrons. The van der Waals surface area contributed by atoms with Gasteiger partial charge in [-0.3, -0.25) is 9.78 Å². The lowest BCUT2D eigenvalue weighted by Crippen LogP contribution is -2.11. The Labute approximate surface area is 106 Å². The third kappa shape index (κ3) is 2.85. The van der Waals surface area contributed by atoms with Crippen LogP contribution in [-0.2, 0) is 6.54 Å². The highest BCUT2D eigenvalue weighted by Gasteiger charge is 2.04. The summed E-state index contributed by atoms with van der Waals surface area (Å²) in [6.07, 6.45) is 1.76. The van der Waals surface area contributed by atoms with Gasteiger partial charge in [0, 0.05) is 17.4 Å². The summed E-state index contributed by atoms with van der Waals surface area (Å²) in [4.78, 5) is 15.3. The first kappa shape index (κ1) is 12.1. The average molecular weight is 241 g/mol. The Morgan fingerprint density at radius 2 is 2.17 bits per heavy atom. The van der Waals surface area contributed by atoms with E-state index in [1.165, 1.54) is 0 Å². The van der Waals surface area contributed by atoms with Crippen molar-refractivity contribution in [3.63, 3.8) is 0 Å². The number of pyridine rings is 1. The second kappa shape index (κ2) is 5.31. The summed E-state index contributed by atoms with van der Waals surface area (Å²) in [5.41, 5.74) is 8.69. The molecule has 1 heterocycles. The minimum absolute atomic E-state index is 0.408. The van der Waals surface area contributed by atoms with E-state index in [-0.39, 0.29) is 0 Å². The molecule has 0 unspecified atom stereocenters. The zero-order chi connectivity index (χ0) is 13.0. The number of anilines is 1. The van der Waals surface area contributed by atoms with Crippen molar-refractivity contribution >= 4 is 11.6 Å². The second-order valence-corrected chi connectivity index (χ2v) is 4.07. The number of rotatable bonds is 4. The number of carbonyl (C=O) groups is 1. The van der Waals surface area contributed by atoms with Crippen molar-refractivity contribution in [2.45, 2.75) is 13.5 Å². The quantitative estimate of drug-likeness (QED) is 0.861. The van der Waals surface area contributed by atoms with E-state index < -0.39 is 5.91 Å². The molecule has 0 aliphatic heterocycles. The van der Waals surface area contributed by atoms with E-state index in [4.69, 9.17) is 5.73 Å². The molecule has 0 fully saturated rings. The normalized spacial score (nSPS) is 10.1. The number of carbonyl (C=O) groups excluding carboxylic acids is 1. The van der Waals surface area contributed by atoms with Crippen molar-refractivity contribution in [2.75, 3.05) is 5.32 Å². The van der Waals surface area contributed by atoms with Crippen molar-refractivity contribution in [1.82, 2.24) is 4.98 Å². The van der Waals surface area contributed by atoms with Crippen molar-refractivity contribution in [3.8, 4) is 0 Å².